The Kier molecular flexibility index (Phi) is 4.68. The molecule has 1 spiro atoms. The number of amides is 3. The monoisotopic (exact) mass is 490 g/mol. The van der Waals surface area contributed by atoms with Gasteiger partial charge in [0.25, 0.3) is 5.91 Å². The summed E-state index contributed by atoms with van der Waals surface area (Å²) >= 11 is 6.77. The number of nitrogens with one attached hydrogen (secondary N) is 2. The minimum absolute atomic E-state index is 0.237. The number of imide groups is 1. The fraction of sp³-hybridized carbons (Fsp3) is 0.250. The Morgan fingerprint density at radius 1 is 0.852 bits per heavy atom. The predicted molar refractivity (Wildman–Crippen MR) is 108 cm³/mol. The first-order valence-electron chi connectivity index (χ1n) is 8.63. The largest absolute Gasteiger partial charge is 0.322 e. The van der Waals surface area contributed by atoms with Crippen LogP contribution in [0.2, 0.25) is 0 Å². The van der Waals surface area contributed by atoms with Crippen molar-refractivity contribution in [2.45, 2.75) is 31.2 Å². The molecular formula is C20H16Br2N2O3. The summed E-state index contributed by atoms with van der Waals surface area (Å²) in [6.07, 6.45) is 3.04. The van der Waals surface area contributed by atoms with Gasteiger partial charge in [-0.3, -0.25) is 14.9 Å². The Labute approximate surface area is 173 Å². The van der Waals surface area contributed by atoms with Crippen molar-refractivity contribution in [1.29, 1.82) is 0 Å². The van der Waals surface area contributed by atoms with Gasteiger partial charge in [0.05, 0.1) is 0 Å². The summed E-state index contributed by atoms with van der Waals surface area (Å²) in [6.45, 7) is 0. The molecule has 1 fully saturated rings. The molecule has 5 rings (SSSR count). The van der Waals surface area contributed by atoms with Gasteiger partial charge < -0.3 is 5.32 Å². The Morgan fingerprint density at radius 2 is 1.56 bits per heavy atom. The minimum atomic E-state index is -0.826. The second kappa shape index (κ2) is 6.87. The summed E-state index contributed by atoms with van der Waals surface area (Å²) in [7, 11) is 0. The molecule has 27 heavy (non-hydrogen) atoms. The van der Waals surface area contributed by atoms with Gasteiger partial charge in [0.15, 0.2) is 5.78 Å². The molecule has 5 nitrogen and oxygen atoms in total. The van der Waals surface area contributed by atoms with Crippen LogP contribution in [0.25, 0.3) is 0 Å². The SMILES string of the molecule is O=C1CCc2cc(Br)ccc21.O=C1NC(=O)C2(CCc3cc(Br)ccc32)N1. The Bertz CT molecular complexity index is 989. The third kappa shape index (κ3) is 3.23. The van der Waals surface area contributed by atoms with E-state index in [2.05, 4.69) is 42.5 Å². The predicted octanol–water partition coefficient (Wildman–Crippen LogP) is 4.01. The topological polar surface area (TPSA) is 75.3 Å². The molecule has 0 radical (unpaired) electrons. The van der Waals surface area contributed by atoms with Gasteiger partial charge in [0.1, 0.15) is 5.54 Å². The van der Waals surface area contributed by atoms with E-state index >= 15 is 0 Å². The molecule has 0 saturated carbocycles. The molecule has 7 heteroatoms. The lowest BCUT2D eigenvalue weighted by Gasteiger charge is -2.20. The maximum Gasteiger partial charge on any atom is 0.322 e. The lowest BCUT2D eigenvalue weighted by atomic mass is 9.92. The normalized spacial score (nSPS) is 22.1. The number of carbonyl (C=O) groups is 3. The van der Waals surface area contributed by atoms with Crippen LogP contribution in [0.15, 0.2) is 45.3 Å². The number of rotatable bonds is 0. The van der Waals surface area contributed by atoms with E-state index in [1.165, 1.54) is 5.56 Å². The summed E-state index contributed by atoms with van der Waals surface area (Å²) in [5, 5.41) is 5.04. The summed E-state index contributed by atoms with van der Waals surface area (Å²) < 4.78 is 2.05. The van der Waals surface area contributed by atoms with Crippen LogP contribution in [-0.2, 0) is 23.2 Å². The molecule has 2 aliphatic carbocycles. The number of benzene rings is 2. The summed E-state index contributed by atoms with van der Waals surface area (Å²) in [5.41, 5.74) is 3.30. The molecule has 0 bridgehead atoms. The van der Waals surface area contributed by atoms with Crippen LogP contribution >= 0.6 is 31.9 Å². The van der Waals surface area contributed by atoms with Crippen LogP contribution in [0, 0.1) is 0 Å². The summed E-state index contributed by atoms with van der Waals surface area (Å²) in [6, 6.07) is 11.2. The standard InChI is InChI=1S/C11H9BrN2O2.C9H7BrO/c12-7-1-2-8-6(5-7)3-4-11(8)9(15)13-10(16)14-11;10-7-2-3-8-6(5-7)1-4-9(8)11/h1-2,5H,3-4H2,(H2,13,14,15,16);2-3,5H,1,4H2. The molecule has 3 aliphatic rings. The highest BCUT2D eigenvalue weighted by Crippen LogP contribution is 2.39. The van der Waals surface area contributed by atoms with Gasteiger partial charge >= 0.3 is 6.03 Å². The van der Waals surface area contributed by atoms with Crippen molar-refractivity contribution in [2.75, 3.05) is 0 Å². The van der Waals surface area contributed by atoms with Crippen LogP contribution < -0.4 is 10.6 Å². The average Bonchev–Trinajstić information content (AvgIpc) is 3.25. The van der Waals surface area contributed by atoms with Crippen molar-refractivity contribution >= 4 is 49.6 Å². The number of Topliss-reactive ketones (excluding diaryl/α,β-unsaturated/α-hetero) is 1. The lowest BCUT2D eigenvalue weighted by molar-refractivity contribution is -0.124. The van der Waals surface area contributed by atoms with E-state index in [0.717, 1.165) is 38.5 Å². The third-order valence-electron chi connectivity index (χ3n) is 5.23. The van der Waals surface area contributed by atoms with Gasteiger partial charge in [-0.1, -0.05) is 44.0 Å². The second-order valence-electron chi connectivity index (χ2n) is 6.84. The zero-order valence-electron chi connectivity index (χ0n) is 14.3. The van der Waals surface area contributed by atoms with Crippen molar-refractivity contribution in [3.8, 4) is 0 Å². The van der Waals surface area contributed by atoms with E-state index in [4.69, 9.17) is 0 Å². The molecule has 2 N–H and O–H groups in total. The van der Waals surface area contributed by atoms with Gasteiger partial charge in [-0.25, -0.2) is 4.79 Å². The van der Waals surface area contributed by atoms with E-state index in [-0.39, 0.29) is 11.7 Å². The molecule has 0 aromatic heterocycles. The van der Waals surface area contributed by atoms with Crippen LogP contribution in [-0.4, -0.2) is 17.7 Å². The molecule has 138 valence electrons. The summed E-state index contributed by atoms with van der Waals surface area (Å²) in [5.74, 6) is 0.0473. The summed E-state index contributed by atoms with van der Waals surface area (Å²) in [4.78, 5) is 34.3. The van der Waals surface area contributed by atoms with Crippen molar-refractivity contribution in [2.24, 2.45) is 0 Å². The van der Waals surface area contributed by atoms with Crippen molar-refractivity contribution in [3.63, 3.8) is 0 Å². The van der Waals surface area contributed by atoms with E-state index in [1.54, 1.807) is 0 Å². The molecule has 1 unspecified atom stereocenters. The van der Waals surface area contributed by atoms with Gasteiger partial charge in [-0.05, 0) is 60.2 Å². The number of fused-ring (bicyclic) bond motifs is 3. The van der Waals surface area contributed by atoms with Crippen LogP contribution in [0.4, 0.5) is 4.79 Å². The maximum absolute atomic E-state index is 11.9. The van der Waals surface area contributed by atoms with E-state index in [1.807, 2.05) is 36.4 Å². The molecular weight excluding hydrogens is 476 g/mol. The second-order valence-corrected chi connectivity index (χ2v) is 8.67. The lowest BCUT2D eigenvalue weighted by Crippen LogP contribution is -2.41. The van der Waals surface area contributed by atoms with Crippen LogP contribution in [0.3, 0.4) is 0 Å². The quantitative estimate of drug-likeness (QED) is 0.547. The first-order valence-corrected chi connectivity index (χ1v) is 10.2. The first kappa shape index (κ1) is 18.4. The molecule has 3 amide bonds. The number of hydrogen-bond donors (Lipinski definition) is 2. The fourth-order valence-corrected chi connectivity index (χ4v) is 4.74. The van der Waals surface area contributed by atoms with Crippen LogP contribution in [0.1, 0.15) is 39.9 Å². The molecule has 1 heterocycles. The van der Waals surface area contributed by atoms with Gasteiger partial charge in [-0.15, -0.1) is 0 Å². The van der Waals surface area contributed by atoms with Crippen LogP contribution in [0.5, 0.6) is 0 Å². The highest BCUT2D eigenvalue weighted by Gasteiger charge is 2.51. The Balaban J connectivity index is 0.000000143. The molecule has 2 aromatic rings. The molecule has 1 atom stereocenters. The number of urea groups is 1. The average molecular weight is 492 g/mol. The van der Waals surface area contributed by atoms with Crippen molar-refractivity contribution in [1.82, 2.24) is 10.6 Å². The zero-order chi connectivity index (χ0) is 19.2. The zero-order valence-corrected chi connectivity index (χ0v) is 17.4. The van der Waals surface area contributed by atoms with Crippen molar-refractivity contribution < 1.29 is 14.4 Å². The van der Waals surface area contributed by atoms with Crippen molar-refractivity contribution in [3.05, 3.63) is 67.6 Å². The van der Waals surface area contributed by atoms with Gasteiger partial charge in [0, 0.05) is 20.9 Å². The molecule has 1 saturated heterocycles. The number of halogens is 2. The fourth-order valence-electron chi connectivity index (χ4n) is 3.92. The number of carbonyl (C=O) groups excluding carboxylic acids is 3. The van der Waals surface area contributed by atoms with E-state index in [0.29, 0.717) is 12.8 Å². The number of ketones is 1. The third-order valence-corrected chi connectivity index (χ3v) is 6.21. The maximum atomic E-state index is 11.9. The highest BCUT2D eigenvalue weighted by molar-refractivity contribution is 9.10. The number of aryl methyl sites for hydroxylation is 2. The number of hydrogen-bond acceptors (Lipinski definition) is 3. The first-order chi connectivity index (χ1) is 12.9. The minimum Gasteiger partial charge on any atom is -0.319 e. The van der Waals surface area contributed by atoms with E-state index < -0.39 is 11.6 Å². The molecule has 2 aromatic carbocycles. The van der Waals surface area contributed by atoms with E-state index in [9.17, 15) is 14.4 Å². The highest BCUT2D eigenvalue weighted by atomic mass is 79.9. The Morgan fingerprint density at radius 3 is 2.26 bits per heavy atom. The molecule has 1 aliphatic heterocycles. The van der Waals surface area contributed by atoms with Gasteiger partial charge in [-0.2, -0.15) is 0 Å². The Hall–Kier alpha value is -1.99. The van der Waals surface area contributed by atoms with Gasteiger partial charge in [0.2, 0.25) is 0 Å². The smallest absolute Gasteiger partial charge is 0.319 e.